The van der Waals surface area contributed by atoms with Crippen LogP contribution in [0.15, 0.2) is 133 Å². The Labute approximate surface area is 507 Å². The topological polar surface area (TPSA) is 217 Å². The largest absolute Gasteiger partial charge is 0.497 e. The Morgan fingerprint density at radius 1 is 0.563 bits per heavy atom. The van der Waals surface area contributed by atoms with E-state index in [2.05, 4.69) is 0 Å². The SMILES string of the molecule is COc1ccc(CO[C@@H]2[C@H](OCc3ccc(OC)cc3)[C@H](O[C@@H]3[C@H]4OC(C)(C)O[C@H]4[C@H](O[C@H]4[C@H]5O[C@@H](c6ccccc6)OC[C@H]5O[C@@H](OCCCCc5ccc([N+](=O)[O-])cc5)[C@@H]4OC(=O)C(C)(C)C)O[C@H]3C)O[C@@H]3CO[C@@H](c4ccccc4)O[C@@H]23)cc1. The molecule has 0 N–H and O–H groups in total. The van der Waals surface area contributed by atoms with Gasteiger partial charge in [0.15, 0.2) is 43.3 Å². The first kappa shape index (κ1) is 62.6. The van der Waals surface area contributed by atoms with Crippen molar-refractivity contribution in [1.29, 1.82) is 0 Å². The predicted octanol–water partition coefficient (Wildman–Crippen LogP) is 9.79. The first-order chi connectivity index (χ1) is 42.0. The number of non-ortho nitro benzene ring substituents is 1. The minimum atomic E-state index is -1.20. The highest BCUT2D eigenvalue weighted by molar-refractivity contribution is 5.75. The van der Waals surface area contributed by atoms with Crippen LogP contribution < -0.4 is 9.47 Å². The normalized spacial score (nSPS) is 32.0. The molecule has 0 amide bonds. The Kier molecular flexibility index (Phi) is 20.0. The van der Waals surface area contributed by atoms with Gasteiger partial charge in [0.05, 0.1) is 57.1 Å². The molecule has 11 rings (SSSR count). The highest BCUT2D eigenvalue weighted by Gasteiger charge is 2.61. The number of hydrogen-bond acceptors (Lipinski definition) is 20. The summed E-state index contributed by atoms with van der Waals surface area (Å²) < 4.78 is 113. The summed E-state index contributed by atoms with van der Waals surface area (Å²) in [5.41, 5.74) is 3.38. The Hall–Kier alpha value is -5.99. The number of nitro benzene ring substituents is 1. The quantitative estimate of drug-likeness (QED) is 0.0272. The van der Waals surface area contributed by atoms with E-state index in [1.54, 1.807) is 47.1 Å². The summed E-state index contributed by atoms with van der Waals surface area (Å²) in [5.74, 6) is -0.296. The number of hydrogen-bond donors (Lipinski definition) is 0. The number of nitro groups is 1. The van der Waals surface area contributed by atoms with Crippen molar-refractivity contribution in [2.24, 2.45) is 5.41 Å². The fourth-order valence-corrected chi connectivity index (χ4v) is 11.6. The van der Waals surface area contributed by atoms with Gasteiger partial charge in [-0.1, -0.05) is 97.1 Å². The van der Waals surface area contributed by atoms with E-state index in [-0.39, 0.29) is 38.7 Å². The number of benzene rings is 5. The number of unbranched alkanes of at least 4 members (excludes halogenated alkanes) is 1. The average molecular weight is 1210 g/mol. The van der Waals surface area contributed by atoms with E-state index >= 15 is 0 Å². The molecule has 0 spiro atoms. The van der Waals surface area contributed by atoms with Crippen molar-refractivity contribution >= 4 is 11.7 Å². The second-order valence-corrected chi connectivity index (χ2v) is 24.0. The molecule has 21 nitrogen and oxygen atoms in total. The Bertz CT molecular complexity index is 3000. The van der Waals surface area contributed by atoms with Gasteiger partial charge < -0.3 is 80.5 Å². The van der Waals surface area contributed by atoms with Gasteiger partial charge in [-0.05, 0) is 102 Å². The minimum absolute atomic E-state index is 0.0266. The molecule has 0 radical (unpaired) electrons. The molecule has 5 aromatic carbocycles. The molecule has 0 unspecified atom stereocenters. The van der Waals surface area contributed by atoms with E-state index in [1.807, 2.05) is 130 Å². The molecule has 6 fully saturated rings. The maximum absolute atomic E-state index is 14.2. The molecule has 0 aliphatic carbocycles. The van der Waals surface area contributed by atoms with Crippen molar-refractivity contribution in [3.05, 3.63) is 171 Å². The monoisotopic (exact) mass is 1210 g/mol. The van der Waals surface area contributed by atoms with Gasteiger partial charge in [0.25, 0.3) is 5.69 Å². The Morgan fingerprint density at radius 3 is 1.63 bits per heavy atom. The fraction of sp³-hybridized carbons (Fsp3) is 0.530. The van der Waals surface area contributed by atoms with Crippen molar-refractivity contribution in [2.45, 2.75) is 185 Å². The molecular weight excluding hydrogens is 1130 g/mol. The van der Waals surface area contributed by atoms with Crippen LogP contribution in [0.4, 0.5) is 5.69 Å². The highest BCUT2D eigenvalue weighted by atomic mass is 16.8. The fourth-order valence-electron chi connectivity index (χ4n) is 11.6. The molecule has 6 aliphatic heterocycles. The maximum Gasteiger partial charge on any atom is 0.311 e. The standard InChI is InChI=1S/C66H79NO20/c1-39-50(81-62-56(75-36-42-26-32-47(72-8)33-27-42)53(74-35-41-24-30-46(71-7)31-25-41)51-48(80-62)37-76-59(82-51)43-18-11-9-12-19-43)55-58(87-66(5,6)86-55)63(78-39)84-54-52-49(38-77-60(83-52)44-20-13-10-14-21-44)79-61(57(54)85-64(68)65(2,3)4)73-34-16-15-17-40-22-28-45(29-23-40)67(69)70/h9-14,18-33,39,48-63H,15-17,34-38H2,1-8H3/t39-,48+,49+,50-,51+,52-,53-,54-,55+,56-,57+,58+,59+,60-,61+,62-,63-/m0/s1. The van der Waals surface area contributed by atoms with E-state index in [9.17, 15) is 14.9 Å². The number of esters is 1. The van der Waals surface area contributed by atoms with Crippen LogP contribution in [-0.2, 0) is 95.5 Å². The second-order valence-electron chi connectivity index (χ2n) is 24.0. The summed E-state index contributed by atoms with van der Waals surface area (Å²) in [6, 6.07) is 41.0. The van der Waals surface area contributed by atoms with Crippen molar-refractivity contribution in [2.75, 3.05) is 34.0 Å². The first-order valence-corrected chi connectivity index (χ1v) is 29.8. The molecule has 6 saturated heterocycles. The summed E-state index contributed by atoms with van der Waals surface area (Å²) in [4.78, 5) is 25.0. The summed E-state index contributed by atoms with van der Waals surface area (Å²) in [7, 11) is 3.24. The lowest BCUT2D eigenvalue weighted by atomic mass is 9.94. The molecule has 0 saturated carbocycles. The third-order valence-corrected chi connectivity index (χ3v) is 16.2. The number of nitrogens with zero attached hydrogens (tertiary/aromatic N) is 1. The average Bonchev–Trinajstić information content (AvgIpc) is 2.01. The van der Waals surface area contributed by atoms with Gasteiger partial charge >= 0.3 is 5.97 Å². The summed E-state index contributed by atoms with van der Waals surface area (Å²) >= 11 is 0. The zero-order valence-corrected chi connectivity index (χ0v) is 50.3. The van der Waals surface area contributed by atoms with Gasteiger partial charge in [0, 0.05) is 29.9 Å². The van der Waals surface area contributed by atoms with Crippen LogP contribution in [0.3, 0.4) is 0 Å². The van der Waals surface area contributed by atoms with Gasteiger partial charge in [-0.3, -0.25) is 14.9 Å². The number of ether oxygens (including phenoxy) is 17. The summed E-state index contributed by atoms with van der Waals surface area (Å²) in [6.45, 7) is 11.5. The van der Waals surface area contributed by atoms with Gasteiger partial charge in [-0.15, -0.1) is 0 Å². The number of methoxy groups -OCH3 is 2. The van der Waals surface area contributed by atoms with Crippen molar-refractivity contribution in [3.8, 4) is 11.5 Å². The molecule has 21 heteroatoms. The van der Waals surface area contributed by atoms with Crippen LogP contribution in [0.5, 0.6) is 11.5 Å². The molecular formula is C66H79NO20. The van der Waals surface area contributed by atoms with Crippen LogP contribution >= 0.6 is 0 Å². The number of carbonyl (C=O) groups excluding carboxylic acids is 1. The molecule has 17 atom stereocenters. The molecule has 87 heavy (non-hydrogen) atoms. The predicted molar refractivity (Wildman–Crippen MR) is 310 cm³/mol. The third-order valence-electron chi connectivity index (χ3n) is 16.2. The lowest BCUT2D eigenvalue weighted by Gasteiger charge is -2.52. The molecule has 6 heterocycles. The Balaban J connectivity index is 0.883. The Morgan fingerprint density at radius 2 is 1.08 bits per heavy atom. The smallest absolute Gasteiger partial charge is 0.311 e. The second kappa shape index (κ2) is 27.8. The first-order valence-electron chi connectivity index (χ1n) is 29.8. The maximum atomic E-state index is 14.2. The van der Waals surface area contributed by atoms with Gasteiger partial charge in [0.1, 0.15) is 72.5 Å². The van der Waals surface area contributed by atoms with Crippen LogP contribution in [0.2, 0.25) is 0 Å². The zero-order valence-electron chi connectivity index (χ0n) is 50.3. The zero-order chi connectivity index (χ0) is 60.8. The van der Waals surface area contributed by atoms with Crippen molar-refractivity contribution in [1.82, 2.24) is 0 Å². The number of carbonyl (C=O) groups is 1. The van der Waals surface area contributed by atoms with Crippen LogP contribution in [0.25, 0.3) is 0 Å². The number of rotatable bonds is 22. The lowest BCUT2D eigenvalue weighted by Crippen LogP contribution is -2.67. The third kappa shape index (κ3) is 15.0. The van der Waals surface area contributed by atoms with Gasteiger partial charge in [-0.2, -0.15) is 0 Å². The van der Waals surface area contributed by atoms with Crippen molar-refractivity contribution < 1.29 is 90.2 Å². The summed E-state index contributed by atoms with van der Waals surface area (Å²) in [5, 5.41) is 11.3. The molecule has 468 valence electrons. The lowest BCUT2D eigenvalue weighted by molar-refractivity contribution is -0.401. The van der Waals surface area contributed by atoms with Crippen LogP contribution in [0, 0.1) is 15.5 Å². The van der Waals surface area contributed by atoms with E-state index in [4.69, 9.17) is 80.5 Å². The van der Waals surface area contributed by atoms with Crippen LogP contribution in [-0.4, -0.2) is 143 Å². The number of fused-ring (bicyclic) bond motifs is 3. The summed E-state index contributed by atoms with van der Waals surface area (Å²) in [6.07, 6.45) is -13.6. The van der Waals surface area contributed by atoms with Gasteiger partial charge in [-0.25, -0.2) is 0 Å². The van der Waals surface area contributed by atoms with E-state index < -0.39 is 127 Å². The molecule has 6 aliphatic rings. The number of aryl methyl sites for hydroxylation is 1. The van der Waals surface area contributed by atoms with E-state index in [0.29, 0.717) is 30.8 Å². The molecule has 5 aromatic rings. The van der Waals surface area contributed by atoms with E-state index in [0.717, 1.165) is 27.8 Å². The molecule has 0 aromatic heterocycles. The van der Waals surface area contributed by atoms with Gasteiger partial charge in [0.2, 0.25) is 0 Å². The molecule has 0 bridgehead atoms. The van der Waals surface area contributed by atoms with Crippen molar-refractivity contribution in [3.63, 3.8) is 0 Å². The minimum Gasteiger partial charge on any atom is -0.497 e. The highest BCUT2D eigenvalue weighted by Crippen LogP contribution is 2.45. The van der Waals surface area contributed by atoms with E-state index in [1.165, 1.54) is 12.1 Å². The van der Waals surface area contributed by atoms with Crippen LogP contribution in [0.1, 0.15) is 94.8 Å².